The van der Waals surface area contributed by atoms with Gasteiger partial charge >= 0.3 is 0 Å². The Balaban J connectivity index is 1.98. The smallest absolute Gasteiger partial charge is 0.123 e. The molecule has 116 valence electrons. The number of hydrogen-bond donors (Lipinski definition) is 0. The van der Waals surface area contributed by atoms with Crippen molar-refractivity contribution in [2.24, 2.45) is 0 Å². The van der Waals surface area contributed by atoms with Crippen LogP contribution in [0, 0.1) is 5.82 Å². The fourth-order valence-electron chi connectivity index (χ4n) is 2.86. The molecule has 0 aliphatic heterocycles. The molecule has 1 aromatic heterocycles. The summed E-state index contributed by atoms with van der Waals surface area (Å²) in [5, 5.41) is 13.8. The minimum atomic E-state index is -1.35. The number of carboxylic acids is 1. The Bertz CT molecular complexity index is 1110. The van der Waals surface area contributed by atoms with E-state index < -0.39 is 11.8 Å². The molecule has 4 rings (SSSR count). The van der Waals surface area contributed by atoms with Crippen molar-refractivity contribution >= 4 is 27.6 Å². The lowest BCUT2D eigenvalue weighted by Crippen LogP contribution is -2.22. The number of fused-ring (bicyclic) bond motifs is 2. The number of rotatable bonds is 2. The Morgan fingerprint density at radius 2 is 1.71 bits per heavy atom. The second-order valence-electron chi connectivity index (χ2n) is 5.57. The van der Waals surface area contributed by atoms with E-state index in [2.05, 4.69) is 4.98 Å². The quantitative estimate of drug-likeness (QED) is 0.568. The summed E-state index contributed by atoms with van der Waals surface area (Å²) in [7, 11) is 0. The Morgan fingerprint density at radius 3 is 2.50 bits per heavy atom. The van der Waals surface area contributed by atoms with Crippen molar-refractivity contribution in [2.45, 2.75) is 0 Å². The number of halogens is 1. The van der Waals surface area contributed by atoms with Crippen LogP contribution in [0.4, 0.5) is 4.39 Å². The number of nitrogens with zero attached hydrogens (tertiary/aromatic N) is 1. The molecule has 4 aromatic rings. The first-order chi connectivity index (χ1) is 11.6. The molecule has 3 aromatic carbocycles. The van der Waals surface area contributed by atoms with E-state index in [4.69, 9.17) is 0 Å². The minimum absolute atomic E-state index is 0.0670. The number of pyridine rings is 1. The molecule has 0 fully saturated rings. The monoisotopic (exact) mass is 316 g/mol. The maximum Gasteiger partial charge on any atom is 0.123 e. The Kier molecular flexibility index (Phi) is 3.24. The number of aromatic carboxylic acids is 1. The van der Waals surface area contributed by atoms with Crippen LogP contribution in [0.25, 0.3) is 32.9 Å². The molecule has 0 N–H and O–H groups in total. The number of benzene rings is 3. The van der Waals surface area contributed by atoms with E-state index in [1.807, 2.05) is 42.5 Å². The molecule has 0 atom stereocenters. The summed E-state index contributed by atoms with van der Waals surface area (Å²) in [4.78, 5) is 15.9. The van der Waals surface area contributed by atoms with Gasteiger partial charge in [-0.15, -0.1) is 0 Å². The molecule has 0 spiro atoms. The van der Waals surface area contributed by atoms with Gasteiger partial charge in [-0.05, 0) is 41.1 Å². The fourth-order valence-corrected chi connectivity index (χ4v) is 2.86. The summed E-state index contributed by atoms with van der Waals surface area (Å²) < 4.78 is 13.4. The zero-order valence-corrected chi connectivity index (χ0v) is 12.5. The van der Waals surface area contributed by atoms with Crippen molar-refractivity contribution in [3.63, 3.8) is 0 Å². The molecule has 0 saturated heterocycles. The Labute approximate surface area is 137 Å². The van der Waals surface area contributed by atoms with Crippen LogP contribution in [-0.4, -0.2) is 11.0 Å². The Morgan fingerprint density at radius 1 is 0.917 bits per heavy atom. The minimum Gasteiger partial charge on any atom is -0.545 e. The molecule has 0 unspecified atom stereocenters. The predicted molar refractivity (Wildman–Crippen MR) is 89.0 cm³/mol. The molecule has 0 bridgehead atoms. The predicted octanol–water partition coefficient (Wildman–Crippen LogP) is 3.56. The first kappa shape index (κ1) is 14.3. The van der Waals surface area contributed by atoms with Gasteiger partial charge in [-0.3, -0.25) is 0 Å². The highest BCUT2D eigenvalue weighted by molar-refractivity contribution is 6.03. The fraction of sp³-hybridized carbons (Fsp3) is 0. The average Bonchev–Trinajstić information content (AvgIpc) is 2.60. The lowest BCUT2D eigenvalue weighted by Gasteiger charge is -2.11. The summed E-state index contributed by atoms with van der Waals surface area (Å²) in [6.07, 6.45) is 0. The molecule has 0 aliphatic rings. The number of carboxylic acid groups (broad SMARTS) is 1. The van der Waals surface area contributed by atoms with E-state index in [-0.39, 0.29) is 10.9 Å². The van der Waals surface area contributed by atoms with Crippen LogP contribution in [0.15, 0.2) is 66.7 Å². The van der Waals surface area contributed by atoms with Crippen LogP contribution < -0.4 is 5.11 Å². The number of carbonyl (C=O) groups is 1. The molecule has 0 aliphatic carbocycles. The first-order valence-electron chi connectivity index (χ1n) is 7.43. The van der Waals surface area contributed by atoms with Crippen molar-refractivity contribution < 1.29 is 14.3 Å². The van der Waals surface area contributed by atoms with Crippen molar-refractivity contribution in [3.8, 4) is 11.3 Å². The Hall–Kier alpha value is -3.27. The number of aromatic nitrogens is 1. The average molecular weight is 316 g/mol. The van der Waals surface area contributed by atoms with Gasteiger partial charge < -0.3 is 9.90 Å². The molecule has 0 amide bonds. The van der Waals surface area contributed by atoms with E-state index in [0.717, 1.165) is 22.4 Å². The van der Waals surface area contributed by atoms with Gasteiger partial charge in [0.05, 0.1) is 17.2 Å². The molecule has 24 heavy (non-hydrogen) atoms. The van der Waals surface area contributed by atoms with Gasteiger partial charge in [-0.1, -0.05) is 36.4 Å². The van der Waals surface area contributed by atoms with Crippen molar-refractivity contribution in [3.05, 3.63) is 78.1 Å². The lowest BCUT2D eigenvalue weighted by molar-refractivity contribution is -0.254. The molecular weight excluding hydrogens is 305 g/mol. The molecule has 0 radical (unpaired) electrons. The summed E-state index contributed by atoms with van der Waals surface area (Å²) in [6, 6.07) is 19.0. The molecular formula is C20H11FNO2-. The first-order valence-corrected chi connectivity index (χ1v) is 7.43. The second kappa shape index (κ2) is 5.42. The normalized spacial score (nSPS) is 11.0. The van der Waals surface area contributed by atoms with Gasteiger partial charge in [0.25, 0.3) is 0 Å². The van der Waals surface area contributed by atoms with Gasteiger partial charge in [-0.2, -0.15) is 0 Å². The number of hydrogen-bond acceptors (Lipinski definition) is 3. The van der Waals surface area contributed by atoms with Gasteiger partial charge in [0.15, 0.2) is 0 Å². The zero-order chi connectivity index (χ0) is 16.7. The van der Waals surface area contributed by atoms with Crippen molar-refractivity contribution in [2.75, 3.05) is 0 Å². The third-order valence-corrected chi connectivity index (χ3v) is 4.04. The van der Waals surface area contributed by atoms with Crippen LogP contribution in [0.1, 0.15) is 10.4 Å². The highest BCUT2D eigenvalue weighted by Gasteiger charge is 2.10. The van der Waals surface area contributed by atoms with Gasteiger partial charge in [0, 0.05) is 16.5 Å². The molecule has 4 heteroatoms. The van der Waals surface area contributed by atoms with Crippen LogP contribution >= 0.6 is 0 Å². The van der Waals surface area contributed by atoms with Crippen LogP contribution in [-0.2, 0) is 0 Å². The summed E-state index contributed by atoms with van der Waals surface area (Å²) in [5.41, 5.74) is 1.66. The largest absolute Gasteiger partial charge is 0.545 e. The SMILES string of the molecule is O=C([O-])c1cc(-c2ccc3ccccc3c2)nc2ccc(F)cc12. The van der Waals surface area contributed by atoms with Crippen LogP contribution in [0.5, 0.6) is 0 Å². The maximum atomic E-state index is 13.4. The third-order valence-electron chi connectivity index (χ3n) is 4.04. The standard InChI is InChI=1S/C20H12FNO2/c21-15-7-8-18-16(10-15)17(20(23)24)11-19(22-18)14-6-5-12-3-1-2-4-13(12)9-14/h1-11H,(H,23,24)/p-1. The van der Waals surface area contributed by atoms with E-state index in [0.29, 0.717) is 11.2 Å². The van der Waals surface area contributed by atoms with E-state index in [1.165, 1.54) is 18.2 Å². The molecule has 1 heterocycles. The second-order valence-corrected chi connectivity index (χ2v) is 5.57. The lowest BCUT2D eigenvalue weighted by atomic mass is 10.0. The molecule has 3 nitrogen and oxygen atoms in total. The summed E-state index contributed by atoms with van der Waals surface area (Å²) in [5.74, 6) is -1.86. The third kappa shape index (κ3) is 2.38. The topological polar surface area (TPSA) is 53.0 Å². The van der Waals surface area contributed by atoms with E-state index in [9.17, 15) is 14.3 Å². The van der Waals surface area contributed by atoms with Crippen LogP contribution in [0.2, 0.25) is 0 Å². The highest BCUT2D eigenvalue weighted by Crippen LogP contribution is 2.27. The number of carbonyl (C=O) groups excluding carboxylic acids is 1. The summed E-state index contributed by atoms with van der Waals surface area (Å²) in [6.45, 7) is 0. The summed E-state index contributed by atoms with van der Waals surface area (Å²) >= 11 is 0. The van der Waals surface area contributed by atoms with Gasteiger partial charge in [0.2, 0.25) is 0 Å². The van der Waals surface area contributed by atoms with E-state index in [1.54, 1.807) is 0 Å². The zero-order valence-electron chi connectivity index (χ0n) is 12.5. The van der Waals surface area contributed by atoms with Gasteiger partial charge in [0.1, 0.15) is 5.82 Å². The van der Waals surface area contributed by atoms with Crippen molar-refractivity contribution in [1.82, 2.24) is 4.98 Å². The van der Waals surface area contributed by atoms with E-state index >= 15 is 0 Å². The maximum absolute atomic E-state index is 13.4. The van der Waals surface area contributed by atoms with Crippen LogP contribution in [0.3, 0.4) is 0 Å². The highest BCUT2D eigenvalue weighted by atomic mass is 19.1. The molecule has 0 saturated carbocycles. The van der Waals surface area contributed by atoms with Crippen molar-refractivity contribution in [1.29, 1.82) is 0 Å². The van der Waals surface area contributed by atoms with Gasteiger partial charge in [-0.25, -0.2) is 9.37 Å².